The lowest BCUT2D eigenvalue weighted by Gasteiger charge is -2.39. The molecule has 1 aromatic heterocycles. The molecule has 10 nitrogen and oxygen atoms in total. The highest BCUT2D eigenvalue weighted by molar-refractivity contribution is 5.86. The Morgan fingerprint density at radius 3 is 2.50 bits per heavy atom. The van der Waals surface area contributed by atoms with Gasteiger partial charge in [-0.25, -0.2) is 0 Å². The van der Waals surface area contributed by atoms with Gasteiger partial charge in [-0.2, -0.15) is 0 Å². The Balaban J connectivity index is 1.74. The molecule has 32 heavy (non-hydrogen) atoms. The summed E-state index contributed by atoms with van der Waals surface area (Å²) in [6.07, 6.45) is -7.29. The molecule has 5 atom stereocenters. The number of hydrogen-bond acceptors (Lipinski definition) is 10. The summed E-state index contributed by atoms with van der Waals surface area (Å²) in [5.41, 5.74) is -0.0817. The molecule has 0 aliphatic carbocycles. The topological polar surface area (TPSA) is 159 Å². The maximum atomic E-state index is 12.7. The van der Waals surface area contributed by atoms with E-state index in [1.165, 1.54) is 31.4 Å². The molecule has 1 aliphatic rings. The number of phenolic OH excluding ortho intramolecular Hbond substituents is 1. The van der Waals surface area contributed by atoms with Crippen LogP contribution in [0.15, 0.2) is 51.7 Å². The minimum absolute atomic E-state index is 0.0121. The van der Waals surface area contributed by atoms with Gasteiger partial charge in [-0.1, -0.05) is 12.1 Å². The van der Waals surface area contributed by atoms with Crippen molar-refractivity contribution in [1.82, 2.24) is 0 Å². The number of hydrogen-bond donors (Lipinski definition) is 5. The molecular weight excluding hydrogens is 424 g/mol. The molecule has 1 saturated heterocycles. The molecule has 5 unspecified atom stereocenters. The molecule has 0 amide bonds. The molecule has 0 bridgehead atoms. The number of rotatable bonds is 5. The molecule has 4 rings (SSSR count). The summed E-state index contributed by atoms with van der Waals surface area (Å²) in [5, 5.41) is 49.7. The standard InChI is InChI=1S/C22H22O10/c1-29-10-6-12(24)18-13(25)8-15(30-16(18)7-10)11-4-2-3-5-14(11)31-22-21(28)20(27)19(26)17(9-23)32-22/h2-8,17,19-24,26-28H,9H2,1H3. The minimum atomic E-state index is -1.61. The van der Waals surface area contributed by atoms with Crippen molar-refractivity contribution in [3.05, 3.63) is 52.7 Å². The number of aliphatic hydroxyl groups is 4. The molecule has 3 aromatic rings. The number of benzene rings is 2. The van der Waals surface area contributed by atoms with E-state index in [1.807, 2.05) is 0 Å². The highest BCUT2D eigenvalue weighted by Gasteiger charge is 2.44. The van der Waals surface area contributed by atoms with Crippen LogP contribution in [0, 0.1) is 0 Å². The van der Waals surface area contributed by atoms with Crippen molar-refractivity contribution in [1.29, 1.82) is 0 Å². The molecule has 1 aliphatic heterocycles. The van der Waals surface area contributed by atoms with Crippen LogP contribution in [0.4, 0.5) is 0 Å². The Morgan fingerprint density at radius 1 is 1.03 bits per heavy atom. The van der Waals surface area contributed by atoms with E-state index in [2.05, 4.69) is 0 Å². The van der Waals surface area contributed by atoms with E-state index >= 15 is 0 Å². The summed E-state index contributed by atoms with van der Waals surface area (Å²) in [4.78, 5) is 12.7. The summed E-state index contributed by atoms with van der Waals surface area (Å²) in [6.45, 7) is -0.600. The van der Waals surface area contributed by atoms with Gasteiger partial charge in [0.15, 0.2) is 5.43 Å². The highest BCUT2D eigenvalue weighted by atomic mass is 16.7. The van der Waals surface area contributed by atoms with Crippen LogP contribution >= 0.6 is 0 Å². The van der Waals surface area contributed by atoms with Crippen molar-refractivity contribution in [3.63, 3.8) is 0 Å². The second-order valence-electron chi connectivity index (χ2n) is 7.31. The van der Waals surface area contributed by atoms with Crippen LogP contribution in [-0.4, -0.2) is 70.0 Å². The van der Waals surface area contributed by atoms with Crippen molar-refractivity contribution in [2.75, 3.05) is 13.7 Å². The fourth-order valence-electron chi connectivity index (χ4n) is 3.56. The Labute approximate surface area is 181 Å². The number of fused-ring (bicyclic) bond motifs is 1. The first-order valence-corrected chi connectivity index (χ1v) is 9.75. The molecule has 170 valence electrons. The van der Waals surface area contributed by atoms with Gasteiger partial charge in [0.2, 0.25) is 6.29 Å². The second kappa shape index (κ2) is 8.77. The minimum Gasteiger partial charge on any atom is -0.507 e. The first-order chi connectivity index (χ1) is 15.3. The van der Waals surface area contributed by atoms with E-state index in [4.69, 9.17) is 18.6 Å². The highest BCUT2D eigenvalue weighted by Crippen LogP contribution is 2.35. The number of para-hydroxylation sites is 1. The van der Waals surface area contributed by atoms with Crippen molar-refractivity contribution in [3.8, 4) is 28.6 Å². The smallest absolute Gasteiger partial charge is 0.229 e. The van der Waals surface area contributed by atoms with Gasteiger partial charge in [0.25, 0.3) is 0 Å². The molecule has 0 radical (unpaired) electrons. The molecule has 0 spiro atoms. The van der Waals surface area contributed by atoms with Gasteiger partial charge in [-0.3, -0.25) is 4.79 Å². The maximum absolute atomic E-state index is 12.7. The van der Waals surface area contributed by atoms with Crippen molar-refractivity contribution in [2.45, 2.75) is 30.7 Å². The summed E-state index contributed by atoms with van der Waals surface area (Å²) in [6, 6.07) is 10.4. The Morgan fingerprint density at radius 2 is 1.78 bits per heavy atom. The maximum Gasteiger partial charge on any atom is 0.229 e. The van der Waals surface area contributed by atoms with E-state index in [9.17, 15) is 30.3 Å². The molecule has 5 N–H and O–H groups in total. The lowest BCUT2D eigenvalue weighted by atomic mass is 9.99. The van der Waals surface area contributed by atoms with Crippen LogP contribution < -0.4 is 14.9 Å². The molecule has 2 aromatic carbocycles. The second-order valence-corrected chi connectivity index (χ2v) is 7.31. The Kier molecular flexibility index (Phi) is 6.04. The van der Waals surface area contributed by atoms with E-state index < -0.39 is 42.7 Å². The normalized spacial score (nSPS) is 25.6. The van der Waals surface area contributed by atoms with Crippen LogP contribution in [-0.2, 0) is 4.74 Å². The van der Waals surface area contributed by atoms with Crippen LogP contribution in [0.2, 0.25) is 0 Å². The van der Waals surface area contributed by atoms with Gasteiger partial charge in [-0.05, 0) is 12.1 Å². The summed E-state index contributed by atoms with van der Waals surface area (Å²) in [5.74, 6) is 0.258. The van der Waals surface area contributed by atoms with Gasteiger partial charge in [0.05, 0.1) is 19.3 Å². The number of ether oxygens (including phenoxy) is 3. The van der Waals surface area contributed by atoms with Gasteiger partial charge < -0.3 is 44.2 Å². The predicted molar refractivity (Wildman–Crippen MR) is 111 cm³/mol. The third-order valence-electron chi connectivity index (χ3n) is 5.26. The number of aromatic hydroxyl groups is 1. The van der Waals surface area contributed by atoms with Crippen LogP contribution in [0.1, 0.15) is 0 Å². The summed E-state index contributed by atoms with van der Waals surface area (Å²) >= 11 is 0. The lowest BCUT2D eigenvalue weighted by Crippen LogP contribution is -2.60. The van der Waals surface area contributed by atoms with Crippen LogP contribution in [0.3, 0.4) is 0 Å². The molecule has 10 heteroatoms. The van der Waals surface area contributed by atoms with Gasteiger partial charge in [-0.15, -0.1) is 0 Å². The average Bonchev–Trinajstić information content (AvgIpc) is 2.79. The molecular formula is C22H22O10. The third-order valence-corrected chi connectivity index (χ3v) is 5.26. The van der Waals surface area contributed by atoms with Crippen molar-refractivity contribution >= 4 is 11.0 Å². The van der Waals surface area contributed by atoms with Crippen LogP contribution in [0.5, 0.6) is 17.2 Å². The first-order valence-electron chi connectivity index (χ1n) is 9.75. The largest absolute Gasteiger partial charge is 0.507 e. The number of methoxy groups -OCH3 is 1. The van der Waals surface area contributed by atoms with Crippen LogP contribution in [0.25, 0.3) is 22.3 Å². The molecule has 1 fully saturated rings. The number of phenols is 1. The quantitative estimate of drug-likeness (QED) is 0.370. The van der Waals surface area contributed by atoms with E-state index in [-0.39, 0.29) is 28.2 Å². The fraction of sp³-hybridized carbons (Fsp3) is 0.318. The van der Waals surface area contributed by atoms with Crippen molar-refractivity contribution in [2.24, 2.45) is 0 Å². The Hall–Kier alpha value is -3.15. The van der Waals surface area contributed by atoms with E-state index in [0.717, 1.165) is 0 Å². The summed E-state index contributed by atoms with van der Waals surface area (Å²) < 4.78 is 22.1. The van der Waals surface area contributed by atoms with Crippen molar-refractivity contribution < 1.29 is 44.2 Å². The average molecular weight is 446 g/mol. The van der Waals surface area contributed by atoms with Gasteiger partial charge in [0, 0.05) is 18.2 Å². The fourth-order valence-corrected chi connectivity index (χ4v) is 3.56. The zero-order chi connectivity index (χ0) is 23.0. The molecule has 2 heterocycles. The van der Waals surface area contributed by atoms with E-state index in [0.29, 0.717) is 11.3 Å². The van der Waals surface area contributed by atoms with E-state index in [1.54, 1.807) is 18.2 Å². The predicted octanol–water partition coefficient (Wildman–Crippen LogP) is 0.353. The first kappa shape index (κ1) is 22.1. The molecule has 0 saturated carbocycles. The third kappa shape index (κ3) is 3.90. The van der Waals surface area contributed by atoms with Gasteiger partial charge in [0.1, 0.15) is 58.4 Å². The summed E-state index contributed by atoms with van der Waals surface area (Å²) in [7, 11) is 1.41. The Bertz CT molecular complexity index is 1170. The monoisotopic (exact) mass is 446 g/mol. The number of aliphatic hydroxyl groups excluding tert-OH is 4. The lowest BCUT2D eigenvalue weighted by molar-refractivity contribution is -0.277. The zero-order valence-electron chi connectivity index (χ0n) is 16.9. The zero-order valence-corrected chi connectivity index (χ0v) is 16.9. The SMILES string of the molecule is COc1cc(O)c2c(=O)cc(-c3ccccc3OC3OC(CO)C(O)C(O)C3O)oc2c1. The van der Waals surface area contributed by atoms with Gasteiger partial charge >= 0.3 is 0 Å².